The van der Waals surface area contributed by atoms with Gasteiger partial charge in [0, 0.05) is 11.9 Å². The molecular weight excluding hydrogens is 404 g/mol. The number of nitrogens with one attached hydrogen (secondary N) is 1. The molecule has 0 aliphatic rings. The molecule has 0 unspecified atom stereocenters. The number of hydrogen-bond donors (Lipinski definition) is 2. The number of rotatable bonds is 8. The Hall–Kier alpha value is -4.00. The second kappa shape index (κ2) is 9.01. The van der Waals surface area contributed by atoms with Gasteiger partial charge < -0.3 is 20.5 Å². The zero-order valence-corrected chi connectivity index (χ0v) is 18.4. The molecule has 2 aromatic carbocycles. The number of nitrogens with two attached hydrogens (primary N) is 1. The summed E-state index contributed by atoms with van der Waals surface area (Å²) in [6, 6.07) is 17.5. The van der Waals surface area contributed by atoms with Gasteiger partial charge in [-0.3, -0.25) is 9.20 Å². The maximum atomic E-state index is 11.4. The van der Waals surface area contributed by atoms with Crippen LogP contribution < -0.4 is 20.5 Å². The number of imidazole rings is 1. The Bertz CT molecular complexity index is 1280. The third-order valence-corrected chi connectivity index (χ3v) is 5.33. The molecule has 0 fully saturated rings. The van der Waals surface area contributed by atoms with Crippen LogP contribution in [0.5, 0.6) is 11.5 Å². The summed E-state index contributed by atoms with van der Waals surface area (Å²) < 4.78 is 13.4. The van der Waals surface area contributed by atoms with Gasteiger partial charge in [-0.25, -0.2) is 4.98 Å². The molecule has 3 N–H and O–H groups in total. The Labute approximate surface area is 186 Å². The molecule has 0 saturated heterocycles. The van der Waals surface area contributed by atoms with Gasteiger partial charge in [0.25, 0.3) is 5.91 Å². The number of aromatic nitrogens is 2. The lowest BCUT2D eigenvalue weighted by Gasteiger charge is -2.17. The highest BCUT2D eigenvalue weighted by Gasteiger charge is 2.23. The Balaban J connectivity index is 1.95. The minimum absolute atomic E-state index is 0.242. The van der Waals surface area contributed by atoms with E-state index in [1.165, 1.54) is 5.56 Å². The van der Waals surface area contributed by atoms with Gasteiger partial charge >= 0.3 is 0 Å². The van der Waals surface area contributed by atoms with E-state index in [4.69, 9.17) is 20.2 Å². The van der Waals surface area contributed by atoms with Gasteiger partial charge in [0.15, 0.2) is 6.61 Å². The molecule has 4 rings (SSSR count). The lowest BCUT2D eigenvalue weighted by atomic mass is 10.0. The van der Waals surface area contributed by atoms with E-state index in [1.54, 1.807) is 19.2 Å². The van der Waals surface area contributed by atoms with Crippen LogP contribution in [0.25, 0.3) is 16.9 Å². The number of hydrogen-bond acceptors (Lipinski definition) is 5. The summed E-state index contributed by atoms with van der Waals surface area (Å²) in [7, 11) is 1.59. The minimum atomic E-state index is -0.556. The molecule has 2 aromatic heterocycles. The number of primary amides is 1. The quantitative estimate of drug-likeness (QED) is 0.430. The van der Waals surface area contributed by atoms with Crippen LogP contribution in [0.3, 0.4) is 0 Å². The smallest absolute Gasteiger partial charge is 0.255 e. The van der Waals surface area contributed by atoms with Crippen molar-refractivity contribution in [2.24, 2.45) is 5.73 Å². The molecule has 2 heterocycles. The van der Waals surface area contributed by atoms with Crippen molar-refractivity contribution in [1.29, 1.82) is 0 Å². The SMILES string of the molecule is CCc1cccc(C)c1Nc1c(-c2c(OC)cccc2OCC(N)=O)nc2ccccn12. The number of methoxy groups -OCH3 is 1. The first-order chi connectivity index (χ1) is 15.5. The van der Waals surface area contributed by atoms with Crippen LogP contribution in [-0.4, -0.2) is 29.0 Å². The molecule has 0 radical (unpaired) electrons. The average molecular weight is 431 g/mol. The molecule has 0 bridgehead atoms. The van der Waals surface area contributed by atoms with Crippen LogP contribution in [0.2, 0.25) is 0 Å². The molecule has 4 aromatic rings. The number of carbonyl (C=O) groups excluding carboxylic acids is 1. The van der Waals surface area contributed by atoms with Crippen molar-refractivity contribution in [1.82, 2.24) is 9.38 Å². The number of anilines is 2. The largest absolute Gasteiger partial charge is 0.496 e. The summed E-state index contributed by atoms with van der Waals surface area (Å²) in [5.74, 6) is 1.27. The highest BCUT2D eigenvalue weighted by atomic mass is 16.5. The number of fused-ring (bicyclic) bond motifs is 1. The number of aryl methyl sites for hydroxylation is 2. The lowest BCUT2D eigenvalue weighted by molar-refractivity contribution is -0.119. The van der Waals surface area contributed by atoms with Crippen LogP contribution in [0.15, 0.2) is 60.8 Å². The predicted octanol–water partition coefficient (Wildman–Crippen LogP) is 4.49. The summed E-state index contributed by atoms with van der Waals surface area (Å²) in [5.41, 5.74) is 10.8. The number of pyridine rings is 1. The number of ether oxygens (including phenoxy) is 2. The van der Waals surface area contributed by atoms with Crippen molar-refractivity contribution in [2.75, 3.05) is 19.0 Å². The van der Waals surface area contributed by atoms with E-state index in [9.17, 15) is 4.79 Å². The van der Waals surface area contributed by atoms with Gasteiger partial charge in [0.2, 0.25) is 0 Å². The van der Waals surface area contributed by atoms with E-state index >= 15 is 0 Å². The van der Waals surface area contributed by atoms with Crippen LogP contribution in [0.1, 0.15) is 18.1 Å². The van der Waals surface area contributed by atoms with Crippen LogP contribution in [0.4, 0.5) is 11.5 Å². The fraction of sp³-hybridized carbons (Fsp3) is 0.200. The van der Waals surface area contributed by atoms with Gasteiger partial charge in [0.05, 0.1) is 12.7 Å². The van der Waals surface area contributed by atoms with Gasteiger partial charge in [-0.15, -0.1) is 0 Å². The van der Waals surface area contributed by atoms with Crippen molar-refractivity contribution in [3.8, 4) is 22.8 Å². The van der Waals surface area contributed by atoms with Crippen LogP contribution in [0, 0.1) is 6.92 Å². The monoisotopic (exact) mass is 430 g/mol. The molecule has 164 valence electrons. The number of nitrogens with zero attached hydrogens (tertiary/aromatic N) is 2. The molecule has 7 nitrogen and oxygen atoms in total. The second-order valence-electron chi connectivity index (χ2n) is 7.41. The molecule has 32 heavy (non-hydrogen) atoms. The van der Waals surface area contributed by atoms with Crippen molar-refractivity contribution < 1.29 is 14.3 Å². The normalized spacial score (nSPS) is 10.8. The van der Waals surface area contributed by atoms with Crippen molar-refractivity contribution in [3.63, 3.8) is 0 Å². The third-order valence-electron chi connectivity index (χ3n) is 5.33. The van der Waals surface area contributed by atoms with E-state index in [1.807, 2.05) is 34.9 Å². The van der Waals surface area contributed by atoms with E-state index < -0.39 is 5.91 Å². The summed E-state index contributed by atoms with van der Waals surface area (Å²) in [6.45, 7) is 3.97. The number of benzene rings is 2. The maximum Gasteiger partial charge on any atom is 0.255 e. The summed E-state index contributed by atoms with van der Waals surface area (Å²) >= 11 is 0. The van der Waals surface area contributed by atoms with Gasteiger partial charge in [-0.1, -0.05) is 37.3 Å². The summed E-state index contributed by atoms with van der Waals surface area (Å²) in [5, 5.41) is 3.62. The van der Waals surface area contributed by atoms with E-state index in [2.05, 4.69) is 37.4 Å². The zero-order chi connectivity index (χ0) is 22.7. The van der Waals surface area contributed by atoms with E-state index in [0.29, 0.717) is 22.8 Å². The molecule has 7 heteroatoms. The second-order valence-corrected chi connectivity index (χ2v) is 7.41. The number of carbonyl (C=O) groups is 1. The van der Waals surface area contributed by atoms with Crippen LogP contribution in [-0.2, 0) is 11.2 Å². The first-order valence-electron chi connectivity index (χ1n) is 10.4. The molecular formula is C25H26N4O3. The fourth-order valence-corrected chi connectivity index (χ4v) is 3.79. The average Bonchev–Trinajstić information content (AvgIpc) is 3.16. The molecule has 0 saturated carbocycles. The van der Waals surface area contributed by atoms with Gasteiger partial charge in [-0.2, -0.15) is 0 Å². The van der Waals surface area contributed by atoms with Crippen LogP contribution >= 0.6 is 0 Å². The van der Waals surface area contributed by atoms with Crippen molar-refractivity contribution in [2.45, 2.75) is 20.3 Å². The number of amides is 1. The lowest BCUT2D eigenvalue weighted by Crippen LogP contribution is -2.20. The third kappa shape index (κ3) is 3.97. The topological polar surface area (TPSA) is 90.9 Å². The van der Waals surface area contributed by atoms with Crippen molar-refractivity contribution >= 4 is 23.1 Å². The summed E-state index contributed by atoms with van der Waals surface area (Å²) in [4.78, 5) is 16.3. The molecule has 0 spiro atoms. The Morgan fingerprint density at radius 2 is 1.88 bits per heavy atom. The highest BCUT2D eigenvalue weighted by Crippen LogP contribution is 2.43. The highest BCUT2D eigenvalue weighted by molar-refractivity contribution is 5.87. The fourth-order valence-electron chi connectivity index (χ4n) is 3.79. The van der Waals surface area contributed by atoms with Gasteiger partial charge in [0.1, 0.15) is 28.7 Å². The maximum absolute atomic E-state index is 11.4. The molecule has 0 aliphatic carbocycles. The minimum Gasteiger partial charge on any atom is -0.496 e. The summed E-state index contributed by atoms with van der Waals surface area (Å²) in [6.07, 6.45) is 2.84. The molecule has 0 atom stereocenters. The Morgan fingerprint density at radius 3 is 2.62 bits per heavy atom. The first kappa shape index (κ1) is 21.2. The van der Waals surface area contributed by atoms with Gasteiger partial charge in [-0.05, 0) is 48.7 Å². The predicted molar refractivity (Wildman–Crippen MR) is 126 cm³/mol. The Morgan fingerprint density at radius 1 is 1.09 bits per heavy atom. The van der Waals surface area contributed by atoms with E-state index in [0.717, 1.165) is 29.1 Å². The molecule has 1 amide bonds. The van der Waals surface area contributed by atoms with Crippen molar-refractivity contribution in [3.05, 3.63) is 71.9 Å². The first-order valence-corrected chi connectivity index (χ1v) is 10.4. The Kier molecular flexibility index (Phi) is 5.98. The number of para-hydroxylation sites is 1. The van der Waals surface area contributed by atoms with E-state index in [-0.39, 0.29) is 6.61 Å². The standard InChI is InChI=1S/C25H26N4O3/c1-4-17-10-7-9-16(2)23(17)28-25-24(27-21-13-5-6-14-29(21)25)22-18(31-3)11-8-12-19(22)32-15-20(26)30/h5-14,28H,4,15H2,1-3H3,(H2,26,30). The molecule has 0 aliphatic heterocycles. The zero-order valence-electron chi connectivity index (χ0n) is 18.4.